The second-order valence-corrected chi connectivity index (χ2v) is 10.1. The Bertz CT molecular complexity index is 1150. The number of benzene rings is 1. The Kier molecular flexibility index (Phi) is 8.97. The maximum atomic E-state index is 15.5. The molecule has 6 nitrogen and oxygen atoms in total. The number of pyridine rings is 1. The van der Waals surface area contributed by atoms with Crippen molar-refractivity contribution in [2.24, 2.45) is 18.9 Å². The number of likely N-dealkylation sites (tertiary alicyclic amines) is 1. The smallest absolute Gasteiger partial charge is 0.303 e. The summed E-state index contributed by atoms with van der Waals surface area (Å²) in [7, 11) is 3.68. The van der Waals surface area contributed by atoms with E-state index in [1.807, 2.05) is 18.2 Å². The predicted molar refractivity (Wildman–Crippen MR) is 140 cm³/mol. The van der Waals surface area contributed by atoms with E-state index in [-0.39, 0.29) is 12.3 Å². The average molecular weight is 496 g/mol. The van der Waals surface area contributed by atoms with E-state index in [2.05, 4.69) is 39.8 Å². The number of fused-ring (bicyclic) bond motifs is 1. The van der Waals surface area contributed by atoms with Gasteiger partial charge in [-0.15, -0.1) is 0 Å². The topological polar surface area (TPSA) is 67.6 Å². The van der Waals surface area contributed by atoms with Crippen LogP contribution in [0.15, 0.2) is 48.8 Å². The van der Waals surface area contributed by atoms with Gasteiger partial charge in [0.25, 0.3) is 0 Å². The van der Waals surface area contributed by atoms with Gasteiger partial charge in [0.1, 0.15) is 11.9 Å². The monoisotopic (exact) mass is 495 g/mol. The quantitative estimate of drug-likeness (QED) is 0.344. The summed E-state index contributed by atoms with van der Waals surface area (Å²) in [5, 5.41) is 10.1. The number of alkyl halides is 1. The lowest BCUT2D eigenvalue weighted by Crippen LogP contribution is -2.41. The highest BCUT2D eigenvalue weighted by Crippen LogP contribution is 2.36. The Hall–Kier alpha value is -2.93. The molecule has 3 atom stereocenters. The number of carbonyl (C=O) groups is 1. The predicted octanol–water partition coefficient (Wildman–Crippen LogP) is 5.81. The first-order chi connectivity index (χ1) is 17.4. The van der Waals surface area contributed by atoms with Gasteiger partial charge in [-0.1, -0.05) is 0 Å². The van der Waals surface area contributed by atoms with Gasteiger partial charge in [-0.05, 0) is 105 Å². The van der Waals surface area contributed by atoms with E-state index >= 15 is 4.39 Å². The molecule has 0 radical (unpaired) electrons. The third-order valence-electron chi connectivity index (χ3n) is 7.77. The molecule has 0 bridgehead atoms. The first kappa shape index (κ1) is 26.1. The van der Waals surface area contributed by atoms with Crippen LogP contribution in [0, 0.1) is 11.8 Å². The minimum absolute atomic E-state index is 0.173. The third kappa shape index (κ3) is 6.64. The number of ether oxygens (including phenoxy) is 1. The van der Waals surface area contributed by atoms with Crippen LogP contribution < -0.4 is 4.74 Å². The van der Waals surface area contributed by atoms with Crippen molar-refractivity contribution in [1.82, 2.24) is 14.5 Å². The lowest BCUT2D eigenvalue weighted by Gasteiger charge is -2.39. The Balaban J connectivity index is 1.36. The number of rotatable bonds is 12. The lowest BCUT2D eigenvalue weighted by molar-refractivity contribution is -0.137. The summed E-state index contributed by atoms with van der Waals surface area (Å²) in [5.74, 6) is 0.563. The van der Waals surface area contributed by atoms with Crippen LogP contribution in [0.5, 0.6) is 5.75 Å². The SMILES string of the molecule is COc1ccc2nccc(C(F)CC[C@@H]3CCN(CCCc4cccn4C)C[C@@H]3CCC(=O)O)c2c1. The molecule has 1 aliphatic heterocycles. The first-order valence-electron chi connectivity index (χ1n) is 13.1. The van der Waals surface area contributed by atoms with Crippen molar-refractivity contribution in [3.63, 3.8) is 0 Å². The number of nitrogens with zero attached hydrogens (tertiary/aromatic N) is 3. The van der Waals surface area contributed by atoms with E-state index in [0.717, 1.165) is 56.2 Å². The zero-order valence-corrected chi connectivity index (χ0v) is 21.4. The number of hydrogen-bond donors (Lipinski definition) is 1. The van der Waals surface area contributed by atoms with Gasteiger partial charge in [0, 0.05) is 43.5 Å². The van der Waals surface area contributed by atoms with Gasteiger partial charge in [-0.3, -0.25) is 9.78 Å². The van der Waals surface area contributed by atoms with Gasteiger partial charge in [0.05, 0.1) is 12.6 Å². The summed E-state index contributed by atoms with van der Waals surface area (Å²) in [6.07, 6.45) is 7.78. The molecule has 0 saturated carbocycles. The molecule has 1 N–H and O–H groups in total. The minimum atomic E-state index is -1.09. The zero-order valence-electron chi connectivity index (χ0n) is 21.4. The molecule has 1 aromatic carbocycles. The molecule has 3 heterocycles. The van der Waals surface area contributed by atoms with Crippen molar-refractivity contribution in [3.05, 3.63) is 60.0 Å². The van der Waals surface area contributed by atoms with Gasteiger partial charge in [-0.2, -0.15) is 0 Å². The van der Waals surface area contributed by atoms with E-state index in [4.69, 9.17) is 4.74 Å². The van der Waals surface area contributed by atoms with Crippen molar-refractivity contribution in [2.45, 2.75) is 51.1 Å². The summed E-state index contributed by atoms with van der Waals surface area (Å²) < 4.78 is 23.0. The molecule has 0 aliphatic carbocycles. The summed E-state index contributed by atoms with van der Waals surface area (Å²) in [4.78, 5) is 18.1. The Morgan fingerprint density at radius 1 is 1.25 bits per heavy atom. The highest BCUT2D eigenvalue weighted by atomic mass is 19.1. The number of aromatic nitrogens is 2. The van der Waals surface area contributed by atoms with E-state index < -0.39 is 12.1 Å². The lowest BCUT2D eigenvalue weighted by atomic mass is 9.79. The highest BCUT2D eigenvalue weighted by Gasteiger charge is 2.30. The zero-order chi connectivity index (χ0) is 25.5. The molecule has 3 aromatic rings. The second-order valence-electron chi connectivity index (χ2n) is 10.1. The van der Waals surface area contributed by atoms with Crippen LogP contribution >= 0.6 is 0 Å². The highest BCUT2D eigenvalue weighted by molar-refractivity contribution is 5.83. The van der Waals surface area contributed by atoms with Crippen molar-refractivity contribution in [1.29, 1.82) is 0 Å². The summed E-state index contributed by atoms with van der Waals surface area (Å²) in [6, 6.07) is 11.6. The molecule has 1 saturated heterocycles. The number of halogens is 1. The standard InChI is InChI=1S/C29H38FN3O3/c1-32-16-3-5-23(32)6-4-17-33-18-14-21(22(20-33)8-12-29(34)35)7-10-27(30)25-13-15-31-28-11-9-24(36-2)19-26(25)28/h3,5,9,11,13,15-16,19,21-22,27H,4,6-8,10,12,14,17-18,20H2,1-2H3,(H,34,35)/t21-,22+,27?/m1/s1. The van der Waals surface area contributed by atoms with Gasteiger partial charge in [-0.25, -0.2) is 4.39 Å². The van der Waals surface area contributed by atoms with Gasteiger partial charge >= 0.3 is 5.97 Å². The van der Waals surface area contributed by atoms with E-state index in [1.54, 1.807) is 19.4 Å². The molecule has 2 aromatic heterocycles. The second kappa shape index (κ2) is 12.3. The molecule has 1 unspecified atom stereocenters. The molecule has 1 fully saturated rings. The van der Waals surface area contributed by atoms with E-state index in [9.17, 15) is 9.90 Å². The maximum absolute atomic E-state index is 15.5. The maximum Gasteiger partial charge on any atom is 0.303 e. The van der Waals surface area contributed by atoms with Gasteiger partial charge in [0.2, 0.25) is 0 Å². The number of carboxylic acid groups (broad SMARTS) is 1. The largest absolute Gasteiger partial charge is 0.497 e. The number of methoxy groups -OCH3 is 1. The van der Waals surface area contributed by atoms with Crippen molar-refractivity contribution < 1.29 is 19.0 Å². The number of aliphatic carboxylic acids is 1. The van der Waals surface area contributed by atoms with Crippen molar-refractivity contribution in [2.75, 3.05) is 26.7 Å². The number of aryl methyl sites for hydroxylation is 2. The molecule has 7 heteroatoms. The summed E-state index contributed by atoms with van der Waals surface area (Å²) >= 11 is 0. The molecule has 0 spiro atoms. The summed E-state index contributed by atoms with van der Waals surface area (Å²) in [5.41, 5.74) is 2.75. The minimum Gasteiger partial charge on any atom is -0.497 e. The molecular weight excluding hydrogens is 457 g/mol. The molecular formula is C29H38FN3O3. The molecule has 1 aliphatic rings. The first-order valence-corrected chi connectivity index (χ1v) is 13.1. The molecule has 194 valence electrons. The van der Waals surface area contributed by atoms with E-state index in [1.165, 1.54) is 5.69 Å². The van der Waals surface area contributed by atoms with Gasteiger partial charge < -0.3 is 19.3 Å². The van der Waals surface area contributed by atoms with Crippen LogP contribution in [0.25, 0.3) is 10.9 Å². The fourth-order valence-corrected chi connectivity index (χ4v) is 5.68. The molecule has 4 rings (SSSR count). The fraction of sp³-hybridized carbons (Fsp3) is 0.517. The van der Waals surface area contributed by atoms with Crippen LogP contribution in [-0.4, -0.2) is 52.3 Å². The fourth-order valence-electron chi connectivity index (χ4n) is 5.68. The van der Waals surface area contributed by atoms with Crippen LogP contribution in [-0.2, 0) is 18.3 Å². The van der Waals surface area contributed by atoms with Crippen LogP contribution in [0.3, 0.4) is 0 Å². The van der Waals surface area contributed by atoms with Crippen LogP contribution in [0.1, 0.15) is 56.0 Å². The normalized spacial score (nSPS) is 19.4. The third-order valence-corrected chi connectivity index (χ3v) is 7.77. The average Bonchev–Trinajstić information content (AvgIpc) is 3.30. The Morgan fingerprint density at radius 3 is 2.86 bits per heavy atom. The molecule has 0 amide bonds. The number of carboxylic acids is 1. The van der Waals surface area contributed by atoms with Crippen LogP contribution in [0.2, 0.25) is 0 Å². The van der Waals surface area contributed by atoms with Gasteiger partial charge in [0.15, 0.2) is 0 Å². The Morgan fingerprint density at radius 2 is 2.11 bits per heavy atom. The van der Waals surface area contributed by atoms with Crippen LogP contribution in [0.4, 0.5) is 4.39 Å². The number of piperidine rings is 1. The summed E-state index contributed by atoms with van der Waals surface area (Å²) in [6.45, 7) is 2.91. The number of hydrogen-bond acceptors (Lipinski definition) is 4. The van der Waals surface area contributed by atoms with Crippen molar-refractivity contribution >= 4 is 16.9 Å². The molecule has 36 heavy (non-hydrogen) atoms. The Labute approximate surface area is 213 Å². The van der Waals surface area contributed by atoms with E-state index in [0.29, 0.717) is 30.1 Å². The van der Waals surface area contributed by atoms with Crippen molar-refractivity contribution in [3.8, 4) is 5.75 Å².